The minimum Gasteiger partial charge on any atom is -0.507 e. The molecule has 1 amide bonds. The summed E-state index contributed by atoms with van der Waals surface area (Å²) in [4.78, 5) is 24.4. The van der Waals surface area contributed by atoms with Gasteiger partial charge >= 0.3 is 5.97 Å². The van der Waals surface area contributed by atoms with E-state index in [-0.39, 0.29) is 22.6 Å². The summed E-state index contributed by atoms with van der Waals surface area (Å²) in [6.45, 7) is 4.04. The fourth-order valence-corrected chi connectivity index (χ4v) is 3.77. The second-order valence-electron chi connectivity index (χ2n) is 7.99. The molecule has 0 heterocycles. The normalized spacial score (nSPS) is 17.4. The number of carboxylic acid groups (broad SMARTS) is 1. The molecule has 1 aliphatic rings. The van der Waals surface area contributed by atoms with E-state index in [1.54, 1.807) is 24.3 Å². The van der Waals surface area contributed by atoms with E-state index in [4.69, 9.17) is 0 Å². The van der Waals surface area contributed by atoms with Crippen LogP contribution in [0.1, 0.15) is 51.1 Å². The number of nitrogens with one attached hydrogen (secondary N) is 1. The molecule has 1 unspecified atom stereocenters. The third-order valence-electron chi connectivity index (χ3n) is 5.65. The number of anilines is 1. The zero-order valence-corrected chi connectivity index (χ0v) is 16.8. The predicted octanol–water partition coefficient (Wildman–Crippen LogP) is 5.44. The molecule has 4 rings (SSSR count). The maximum absolute atomic E-state index is 12.7. The summed E-state index contributed by atoms with van der Waals surface area (Å²) in [6, 6.07) is 17.8. The Hall–Kier alpha value is -3.60. The van der Waals surface area contributed by atoms with Crippen LogP contribution in [0.3, 0.4) is 0 Å². The molecule has 0 aromatic heterocycles. The topological polar surface area (TPSA) is 86.6 Å². The van der Waals surface area contributed by atoms with E-state index in [0.29, 0.717) is 11.8 Å². The van der Waals surface area contributed by atoms with Crippen LogP contribution in [0.2, 0.25) is 0 Å². The van der Waals surface area contributed by atoms with Gasteiger partial charge in [-0.1, -0.05) is 48.9 Å². The highest BCUT2D eigenvalue weighted by molar-refractivity contribution is 6.09. The number of carbonyl (C=O) groups excluding carboxylic acids is 1. The van der Waals surface area contributed by atoms with Gasteiger partial charge in [0.1, 0.15) is 5.75 Å². The molecule has 0 aliphatic heterocycles. The molecule has 3 N–H and O–H groups in total. The molecular weight excluding hydrogens is 378 g/mol. The molecule has 5 nitrogen and oxygen atoms in total. The van der Waals surface area contributed by atoms with Crippen molar-refractivity contribution in [2.75, 3.05) is 5.32 Å². The lowest BCUT2D eigenvalue weighted by Crippen LogP contribution is -2.15. The number of aromatic hydroxyl groups is 1. The molecule has 3 aromatic rings. The molecule has 0 radical (unpaired) electrons. The zero-order valence-electron chi connectivity index (χ0n) is 16.8. The third-order valence-corrected chi connectivity index (χ3v) is 5.65. The number of phenolic OH excluding ortho intramolecular Hbond substituents is 1. The Labute approximate surface area is 175 Å². The van der Waals surface area contributed by atoms with Crippen molar-refractivity contribution in [2.45, 2.75) is 26.2 Å². The third kappa shape index (κ3) is 3.92. The summed E-state index contributed by atoms with van der Waals surface area (Å²) < 4.78 is 0. The van der Waals surface area contributed by atoms with Crippen molar-refractivity contribution >= 4 is 17.6 Å². The first-order valence-corrected chi connectivity index (χ1v) is 9.92. The first-order valence-electron chi connectivity index (χ1n) is 9.92. The van der Waals surface area contributed by atoms with Crippen LogP contribution in [0.25, 0.3) is 11.1 Å². The van der Waals surface area contributed by atoms with E-state index in [1.165, 1.54) is 24.1 Å². The Morgan fingerprint density at radius 1 is 0.967 bits per heavy atom. The van der Waals surface area contributed by atoms with E-state index >= 15 is 0 Å². The number of amides is 1. The van der Waals surface area contributed by atoms with Crippen LogP contribution in [0, 0.1) is 12.8 Å². The highest BCUT2D eigenvalue weighted by Gasteiger charge is 2.33. The van der Waals surface area contributed by atoms with Gasteiger partial charge in [-0.2, -0.15) is 0 Å². The van der Waals surface area contributed by atoms with Gasteiger partial charge in [0.15, 0.2) is 0 Å². The van der Waals surface area contributed by atoms with Crippen LogP contribution >= 0.6 is 0 Å². The number of benzene rings is 3. The van der Waals surface area contributed by atoms with Crippen molar-refractivity contribution in [3.05, 3.63) is 82.9 Å². The highest BCUT2D eigenvalue weighted by Crippen LogP contribution is 2.47. The van der Waals surface area contributed by atoms with Crippen LogP contribution in [0.5, 0.6) is 5.75 Å². The smallest absolute Gasteiger partial charge is 0.337 e. The molecule has 3 aromatic carbocycles. The first-order chi connectivity index (χ1) is 14.3. The zero-order chi connectivity index (χ0) is 21.4. The quantitative estimate of drug-likeness (QED) is 0.531. The molecule has 1 fully saturated rings. The standard InChI is InChI=1S/C25H23NO4/c1-14-6-9-23(27)21(10-14)24(28)26-22-13-17(7-8-19(22)25(29)30)16-4-3-5-18(12-16)20-11-15(20)2/h3-10,12-13,15,20,27H,11H2,1-2H3,(H,26,28)(H,29,30)/t15?,20-/m0/s1. The second kappa shape index (κ2) is 7.67. The maximum Gasteiger partial charge on any atom is 0.337 e. The van der Waals surface area contributed by atoms with Gasteiger partial charge in [0, 0.05) is 0 Å². The van der Waals surface area contributed by atoms with Gasteiger partial charge in [-0.25, -0.2) is 4.79 Å². The first kappa shape index (κ1) is 19.7. The van der Waals surface area contributed by atoms with Crippen LogP contribution in [-0.4, -0.2) is 22.1 Å². The minimum absolute atomic E-state index is 0.00814. The van der Waals surface area contributed by atoms with E-state index in [1.807, 2.05) is 19.1 Å². The molecule has 152 valence electrons. The Kier molecular flexibility index (Phi) is 5.04. The lowest BCUT2D eigenvalue weighted by Gasteiger charge is -2.13. The lowest BCUT2D eigenvalue weighted by molar-refractivity contribution is 0.0698. The SMILES string of the molecule is Cc1ccc(O)c(C(=O)Nc2cc(-c3cccc([C@H]4CC4C)c3)ccc2C(=O)O)c1. The summed E-state index contributed by atoms with van der Waals surface area (Å²) in [5.74, 6) is -0.585. The summed E-state index contributed by atoms with van der Waals surface area (Å²) in [6.07, 6.45) is 1.18. The largest absolute Gasteiger partial charge is 0.507 e. The minimum atomic E-state index is -1.13. The van der Waals surface area contributed by atoms with Crippen LogP contribution in [0.15, 0.2) is 60.7 Å². The van der Waals surface area contributed by atoms with Gasteiger partial charge in [0.05, 0.1) is 16.8 Å². The average Bonchev–Trinajstić information content (AvgIpc) is 3.46. The second-order valence-corrected chi connectivity index (χ2v) is 7.99. The van der Waals surface area contributed by atoms with E-state index < -0.39 is 11.9 Å². The Morgan fingerprint density at radius 2 is 1.70 bits per heavy atom. The molecule has 0 spiro atoms. The highest BCUT2D eigenvalue weighted by atomic mass is 16.4. The predicted molar refractivity (Wildman–Crippen MR) is 116 cm³/mol. The molecule has 1 aliphatic carbocycles. The van der Waals surface area contributed by atoms with Gasteiger partial charge in [-0.15, -0.1) is 0 Å². The molecule has 5 heteroatoms. The van der Waals surface area contributed by atoms with Gasteiger partial charge < -0.3 is 15.5 Å². The molecular formula is C25H23NO4. The number of aromatic carboxylic acids is 1. The number of rotatable bonds is 5. The maximum atomic E-state index is 12.7. The average molecular weight is 401 g/mol. The summed E-state index contributed by atoms with van der Waals surface area (Å²) >= 11 is 0. The summed E-state index contributed by atoms with van der Waals surface area (Å²) in [5.41, 5.74) is 4.16. The number of carboxylic acids is 1. The molecule has 1 saturated carbocycles. The molecule has 2 atom stereocenters. The van der Waals surface area contributed by atoms with Gasteiger partial charge in [-0.3, -0.25) is 4.79 Å². The molecule has 0 saturated heterocycles. The van der Waals surface area contributed by atoms with Crippen LogP contribution in [-0.2, 0) is 0 Å². The van der Waals surface area contributed by atoms with Crippen molar-refractivity contribution in [3.63, 3.8) is 0 Å². The number of hydrogen-bond acceptors (Lipinski definition) is 3. The van der Waals surface area contributed by atoms with E-state index in [9.17, 15) is 19.8 Å². The van der Waals surface area contributed by atoms with Crippen LogP contribution < -0.4 is 5.32 Å². The van der Waals surface area contributed by atoms with Crippen LogP contribution in [0.4, 0.5) is 5.69 Å². The van der Waals surface area contributed by atoms with Crippen molar-refractivity contribution in [1.29, 1.82) is 0 Å². The Morgan fingerprint density at radius 3 is 2.40 bits per heavy atom. The summed E-state index contributed by atoms with van der Waals surface area (Å²) in [5, 5.41) is 22.3. The van der Waals surface area contributed by atoms with Gasteiger partial charge in [-0.05, 0) is 66.1 Å². The number of phenols is 1. The number of hydrogen-bond donors (Lipinski definition) is 3. The fraction of sp³-hybridized carbons (Fsp3) is 0.200. The van der Waals surface area contributed by atoms with Gasteiger partial charge in [0.25, 0.3) is 5.91 Å². The van der Waals surface area contributed by atoms with Crippen molar-refractivity contribution in [1.82, 2.24) is 0 Å². The fourth-order valence-electron chi connectivity index (χ4n) is 3.77. The number of carbonyl (C=O) groups is 2. The lowest BCUT2D eigenvalue weighted by atomic mass is 9.98. The summed E-state index contributed by atoms with van der Waals surface area (Å²) in [7, 11) is 0. The molecule has 0 bridgehead atoms. The number of aryl methyl sites for hydroxylation is 1. The van der Waals surface area contributed by atoms with Crippen molar-refractivity contribution in [3.8, 4) is 16.9 Å². The van der Waals surface area contributed by atoms with E-state index in [0.717, 1.165) is 16.7 Å². The van der Waals surface area contributed by atoms with E-state index in [2.05, 4.69) is 24.4 Å². The van der Waals surface area contributed by atoms with Crippen molar-refractivity contribution in [2.24, 2.45) is 5.92 Å². The Balaban J connectivity index is 1.69. The Bertz CT molecular complexity index is 1150. The molecule has 30 heavy (non-hydrogen) atoms. The van der Waals surface area contributed by atoms with Gasteiger partial charge in [0.2, 0.25) is 0 Å². The monoisotopic (exact) mass is 401 g/mol. The van der Waals surface area contributed by atoms with Crippen molar-refractivity contribution < 1.29 is 19.8 Å².